The molecule has 0 atom stereocenters. The first-order chi connectivity index (χ1) is 9.84. The Bertz CT molecular complexity index is 511. The van der Waals surface area contributed by atoms with Gasteiger partial charge in [0.2, 0.25) is 5.09 Å². The molecule has 0 aliphatic rings. The van der Waals surface area contributed by atoms with Crippen LogP contribution in [0.5, 0.6) is 0 Å². The maximum Gasteiger partial charge on any atom is 0.275 e. The minimum absolute atomic E-state index is 0.0356. The first kappa shape index (κ1) is 18.1. The fourth-order valence-corrected chi connectivity index (χ4v) is 2.29. The highest BCUT2D eigenvalue weighted by atomic mass is 32.2. The first-order valence-corrected chi connectivity index (χ1v) is 8.22. The van der Waals surface area contributed by atoms with Gasteiger partial charge in [-0.1, -0.05) is 0 Å². The Morgan fingerprint density at radius 1 is 1.19 bits per heavy atom. The summed E-state index contributed by atoms with van der Waals surface area (Å²) in [6.45, 7) is 3.35. The van der Waals surface area contributed by atoms with E-state index in [1.54, 1.807) is 6.07 Å². The predicted molar refractivity (Wildman–Crippen MR) is 80.7 cm³/mol. The van der Waals surface area contributed by atoms with E-state index < -0.39 is 10.0 Å². The zero-order valence-electron chi connectivity index (χ0n) is 13.1. The van der Waals surface area contributed by atoms with Crippen molar-refractivity contribution in [2.24, 2.45) is 0 Å². The molecule has 0 fully saturated rings. The molecule has 0 saturated heterocycles. The van der Waals surface area contributed by atoms with Crippen molar-refractivity contribution in [3.05, 3.63) is 17.9 Å². The second kappa shape index (κ2) is 8.50. The molecule has 0 aliphatic heterocycles. The van der Waals surface area contributed by atoms with E-state index in [9.17, 15) is 8.42 Å². The standard InChI is InChI=1S/C13H25N3O4S/c1-15(2)8-10-19-9-7-14-11-12-5-6-13(20-12)21(17,18)16(3)4/h5-6,14H,7-11H2,1-4H3. The summed E-state index contributed by atoms with van der Waals surface area (Å²) in [5, 5.41) is 3.11. The van der Waals surface area contributed by atoms with E-state index in [0.717, 1.165) is 10.8 Å². The van der Waals surface area contributed by atoms with Crippen molar-refractivity contribution in [1.82, 2.24) is 14.5 Å². The summed E-state index contributed by atoms with van der Waals surface area (Å²) in [6, 6.07) is 3.14. The van der Waals surface area contributed by atoms with E-state index in [0.29, 0.717) is 32.1 Å². The van der Waals surface area contributed by atoms with Crippen molar-refractivity contribution in [3.63, 3.8) is 0 Å². The van der Waals surface area contributed by atoms with E-state index in [4.69, 9.17) is 9.15 Å². The van der Waals surface area contributed by atoms with Gasteiger partial charge in [0.25, 0.3) is 10.0 Å². The molecule has 0 bridgehead atoms. The number of likely N-dealkylation sites (N-methyl/N-ethyl adjacent to an activating group) is 1. The third-order valence-corrected chi connectivity index (χ3v) is 4.47. The van der Waals surface area contributed by atoms with Crippen molar-refractivity contribution < 1.29 is 17.6 Å². The van der Waals surface area contributed by atoms with Gasteiger partial charge in [0.1, 0.15) is 5.76 Å². The van der Waals surface area contributed by atoms with E-state index in [1.165, 1.54) is 20.2 Å². The van der Waals surface area contributed by atoms with Crippen LogP contribution in [0.25, 0.3) is 0 Å². The van der Waals surface area contributed by atoms with Crippen molar-refractivity contribution in [2.75, 3.05) is 54.5 Å². The van der Waals surface area contributed by atoms with Crippen molar-refractivity contribution in [3.8, 4) is 0 Å². The molecule has 1 aromatic rings. The van der Waals surface area contributed by atoms with Crippen molar-refractivity contribution in [1.29, 1.82) is 0 Å². The van der Waals surface area contributed by atoms with E-state index in [-0.39, 0.29) is 5.09 Å². The topological polar surface area (TPSA) is 75.0 Å². The lowest BCUT2D eigenvalue weighted by Gasteiger charge is -2.10. The summed E-state index contributed by atoms with van der Waals surface area (Å²) in [5.74, 6) is 0.587. The highest BCUT2D eigenvalue weighted by Gasteiger charge is 2.21. The quantitative estimate of drug-likeness (QED) is 0.621. The highest BCUT2D eigenvalue weighted by Crippen LogP contribution is 2.16. The molecule has 0 radical (unpaired) electrons. The van der Waals surface area contributed by atoms with Gasteiger partial charge in [-0.15, -0.1) is 0 Å². The van der Waals surface area contributed by atoms with Crippen LogP contribution in [-0.2, 0) is 21.3 Å². The summed E-state index contributed by atoms with van der Waals surface area (Å²) in [5.41, 5.74) is 0. The van der Waals surface area contributed by atoms with Gasteiger partial charge in [-0.25, -0.2) is 12.7 Å². The SMILES string of the molecule is CN(C)CCOCCNCc1ccc(S(=O)(=O)N(C)C)o1. The molecular formula is C13H25N3O4S. The molecule has 0 unspecified atom stereocenters. The van der Waals surface area contributed by atoms with Gasteiger partial charge in [0.15, 0.2) is 0 Å². The van der Waals surface area contributed by atoms with Crippen LogP contribution >= 0.6 is 0 Å². The van der Waals surface area contributed by atoms with Crippen molar-refractivity contribution in [2.45, 2.75) is 11.6 Å². The zero-order chi connectivity index (χ0) is 15.9. The fraction of sp³-hybridized carbons (Fsp3) is 0.692. The number of furan rings is 1. The number of sulfonamides is 1. The van der Waals surface area contributed by atoms with Gasteiger partial charge in [-0.05, 0) is 26.2 Å². The monoisotopic (exact) mass is 319 g/mol. The van der Waals surface area contributed by atoms with Gasteiger partial charge in [-0.2, -0.15) is 0 Å². The van der Waals surface area contributed by atoms with Gasteiger partial charge in [0, 0.05) is 27.2 Å². The Morgan fingerprint density at radius 3 is 2.52 bits per heavy atom. The largest absolute Gasteiger partial charge is 0.447 e. The van der Waals surface area contributed by atoms with E-state index >= 15 is 0 Å². The molecule has 7 nitrogen and oxygen atoms in total. The average molecular weight is 319 g/mol. The minimum atomic E-state index is -3.50. The lowest BCUT2D eigenvalue weighted by molar-refractivity contribution is 0.119. The Hall–Kier alpha value is -0.930. The maximum atomic E-state index is 11.8. The number of hydrogen-bond donors (Lipinski definition) is 1. The number of nitrogens with one attached hydrogen (secondary N) is 1. The smallest absolute Gasteiger partial charge is 0.275 e. The molecule has 0 saturated carbocycles. The van der Waals surface area contributed by atoms with Gasteiger partial charge in [-0.3, -0.25) is 0 Å². The van der Waals surface area contributed by atoms with Crippen LogP contribution in [0.15, 0.2) is 21.6 Å². The molecule has 1 rings (SSSR count). The van der Waals surface area contributed by atoms with Crippen LogP contribution in [0.1, 0.15) is 5.76 Å². The summed E-state index contributed by atoms with van der Waals surface area (Å²) in [6.07, 6.45) is 0. The van der Waals surface area contributed by atoms with Crippen molar-refractivity contribution >= 4 is 10.0 Å². The third-order valence-electron chi connectivity index (χ3n) is 2.78. The normalized spacial score (nSPS) is 12.5. The first-order valence-electron chi connectivity index (χ1n) is 6.78. The van der Waals surface area contributed by atoms with Crippen LogP contribution < -0.4 is 5.32 Å². The van der Waals surface area contributed by atoms with Crippen LogP contribution in [0, 0.1) is 0 Å². The third kappa shape index (κ3) is 6.15. The van der Waals surface area contributed by atoms with Gasteiger partial charge in [0.05, 0.1) is 19.8 Å². The second-order valence-corrected chi connectivity index (χ2v) is 7.18. The van der Waals surface area contributed by atoms with Crippen LogP contribution in [-0.4, -0.2) is 72.1 Å². The fourth-order valence-electron chi connectivity index (χ4n) is 1.48. The number of rotatable bonds is 10. The molecule has 8 heteroatoms. The van der Waals surface area contributed by atoms with Gasteiger partial charge < -0.3 is 19.4 Å². The van der Waals surface area contributed by atoms with Gasteiger partial charge >= 0.3 is 0 Å². The lowest BCUT2D eigenvalue weighted by Crippen LogP contribution is -2.23. The summed E-state index contributed by atoms with van der Waals surface area (Å²) >= 11 is 0. The minimum Gasteiger partial charge on any atom is -0.447 e. The molecule has 0 amide bonds. The molecule has 0 spiro atoms. The summed E-state index contributed by atoms with van der Waals surface area (Å²) in [7, 11) is 3.44. The van der Waals surface area contributed by atoms with E-state index in [2.05, 4.69) is 10.2 Å². The Morgan fingerprint density at radius 2 is 1.90 bits per heavy atom. The number of hydrogen-bond acceptors (Lipinski definition) is 6. The molecule has 1 N–H and O–H groups in total. The number of nitrogens with zero attached hydrogens (tertiary/aromatic N) is 2. The molecular weight excluding hydrogens is 294 g/mol. The predicted octanol–water partition coefficient (Wildman–Crippen LogP) is 0.198. The van der Waals surface area contributed by atoms with Crippen LogP contribution in [0.4, 0.5) is 0 Å². The zero-order valence-corrected chi connectivity index (χ0v) is 13.9. The Kier molecular flexibility index (Phi) is 7.33. The lowest BCUT2D eigenvalue weighted by atomic mass is 10.4. The average Bonchev–Trinajstić information content (AvgIpc) is 2.86. The molecule has 122 valence electrons. The highest BCUT2D eigenvalue weighted by molar-refractivity contribution is 7.88. The second-order valence-electron chi connectivity index (χ2n) is 5.10. The Labute approximate surface area is 126 Å². The van der Waals surface area contributed by atoms with Crippen LogP contribution in [0.2, 0.25) is 0 Å². The molecule has 1 aromatic heterocycles. The summed E-state index contributed by atoms with van der Waals surface area (Å²) < 4.78 is 35.6. The number of ether oxygens (including phenoxy) is 1. The van der Waals surface area contributed by atoms with Crippen LogP contribution in [0.3, 0.4) is 0 Å². The molecule has 0 aliphatic carbocycles. The maximum absolute atomic E-state index is 11.8. The van der Waals surface area contributed by atoms with E-state index in [1.807, 2.05) is 14.1 Å². The molecule has 21 heavy (non-hydrogen) atoms. The Balaban J connectivity index is 2.27. The summed E-state index contributed by atoms with van der Waals surface area (Å²) in [4.78, 5) is 2.06. The molecule has 0 aromatic carbocycles. The molecule has 1 heterocycles.